The highest BCUT2D eigenvalue weighted by atomic mass is 16.5. The lowest BCUT2D eigenvalue weighted by Gasteiger charge is -2.50. The van der Waals surface area contributed by atoms with Gasteiger partial charge in [0, 0.05) is 24.7 Å². The molecule has 4 nitrogen and oxygen atoms in total. The first kappa shape index (κ1) is 16.2. The van der Waals surface area contributed by atoms with Gasteiger partial charge < -0.3 is 15.4 Å². The molecule has 3 unspecified atom stereocenters. The van der Waals surface area contributed by atoms with Crippen molar-refractivity contribution in [2.45, 2.75) is 64.1 Å². The highest BCUT2D eigenvalue weighted by Gasteiger charge is 2.41. The summed E-state index contributed by atoms with van der Waals surface area (Å²) in [5.74, 6) is 0. The van der Waals surface area contributed by atoms with Crippen molar-refractivity contribution in [2.75, 3.05) is 39.3 Å². The van der Waals surface area contributed by atoms with Crippen LogP contribution in [0.25, 0.3) is 0 Å². The fourth-order valence-corrected chi connectivity index (χ4v) is 3.95. The lowest BCUT2D eigenvalue weighted by Crippen LogP contribution is -2.62. The van der Waals surface area contributed by atoms with Gasteiger partial charge in [-0.05, 0) is 59.2 Å². The fourth-order valence-electron chi connectivity index (χ4n) is 3.95. The maximum absolute atomic E-state index is 6.26. The Morgan fingerprint density at radius 3 is 2.75 bits per heavy atom. The Labute approximate surface area is 124 Å². The molecular weight excluding hydrogens is 250 g/mol. The van der Waals surface area contributed by atoms with E-state index in [1.807, 2.05) is 0 Å². The predicted molar refractivity (Wildman–Crippen MR) is 83.9 cm³/mol. The van der Waals surface area contributed by atoms with E-state index >= 15 is 0 Å². The number of rotatable bonds is 4. The maximum atomic E-state index is 6.26. The molecule has 0 aliphatic carbocycles. The Kier molecular flexibility index (Phi) is 5.84. The maximum Gasteiger partial charge on any atom is 0.0675 e. The van der Waals surface area contributed by atoms with Gasteiger partial charge in [0.05, 0.1) is 12.7 Å². The van der Waals surface area contributed by atoms with Gasteiger partial charge in [-0.1, -0.05) is 6.92 Å². The van der Waals surface area contributed by atoms with Crippen LogP contribution in [0.1, 0.15) is 46.5 Å². The highest BCUT2D eigenvalue weighted by Crippen LogP contribution is 2.32. The first-order chi connectivity index (χ1) is 9.61. The van der Waals surface area contributed by atoms with Gasteiger partial charge in [0.2, 0.25) is 0 Å². The quantitative estimate of drug-likeness (QED) is 0.852. The van der Waals surface area contributed by atoms with Gasteiger partial charge in [0.1, 0.15) is 0 Å². The molecule has 0 aromatic heterocycles. The minimum Gasteiger partial charge on any atom is -0.376 e. The Morgan fingerprint density at radius 2 is 2.05 bits per heavy atom. The van der Waals surface area contributed by atoms with E-state index in [-0.39, 0.29) is 5.54 Å². The zero-order valence-corrected chi connectivity index (χ0v) is 13.6. The molecule has 20 heavy (non-hydrogen) atoms. The largest absolute Gasteiger partial charge is 0.376 e. The molecule has 2 aliphatic heterocycles. The van der Waals surface area contributed by atoms with E-state index in [1.165, 1.54) is 45.3 Å². The van der Waals surface area contributed by atoms with E-state index in [4.69, 9.17) is 10.5 Å². The van der Waals surface area contributed by atoms with Crippen LogP contribution in [0.2, 0.25) is 0 Å². The van der Waals surface area contributed by atoms with Gasteiger partial charge in [-0.25, -0.2) is 0 Å². The summed E-state index contributed by atoms with van der Waals surface area (Å²) in [4.78, 5) is 5.28. The predicted octanol–water partition coefficient (Wildman–Crippen LogP) is 1.69. The fraction of sp³-hybridized carbons (Fsp3) is 1.00. The van der Waals surface area contributed by atoms with Crippen LogP contribution in [0.5, 0.6) is 0 Å². The number of nitrogens with zero attached hydrogens (tertiary/aromatic N) is 2. The minimum absolute atomic E-state index is 0.194. The van der Waals surface area contributed by atoms with E-state index in [9.17, 15) is 0 Å². The standard InChI is InChI=1S/C16H33N3O/c1-4-8-18-9-5-6-16(13-17,7-10-18)19-11-15(3)20-12-14(19)2/h14-15H,4-13,17H2,1-3H3. The summed E-state index contributed by atoms with van der Waals surface area (Å²) in [6, 6.07) is 0.493. The number of morpholine rings is 1. The van der Waals surface area contributed by atoms with E-state index < -0.39 is 0 Å². The van der Waals surface area contributed by atoms with Crippen LogP contribution in [-0.2, 0) is 4.74 Å². The molecule has 4 heteroatoms. The molecule has 3 atom stereocenters. The van der Waals surface area contributed by atoms with Crippen molar-refractivity contribution in [3.05, 3.63) is 0 Å². The molecule has 0 aromatic rings. The molecule has 118 valence electrons. The van der Waals surface area contributed by atoms with Gasteiger partial charge in [0.25, 0.3) is 0 Å². The lowest BCUT2D eigenvalue weighted by atomic mass is 9.86. The average molecular weight is 283 g/mol. The summed E-state index contributed by atoms with van der Waals surface area (Å²) in [7, 11) is 0. The van der Waals surface area contributed by atoms with Crippen LogP contribution in [0.15, 0.2) is 0 Å². The summed E-state index contributed by atoms with van der Waals surface area (Å²) in [5.41, 5.74) is 6.46. The lowest BCUT2D eigenvalue weighted by molar-refractivity contribution is -0.0961. The number of hydrogen-bond acceptors (Lipinski definition) is 4. The summed E-state index contributed by atoms with van der Waals surface area (Å²) in [6.45, 7) is 13.1. The van der Waals surface area contributed by atoms with Gasteiger partial charge in [0.15, 0.2) is 0 Å². The van der Waals surface area contributed by atoms with Crippen molar-refractivity contribution in [3.8, 4) is 0 Å². The zero-order valence-electron chi connectivity index (χ0n) is 13.6. The Morgan fingerprint density at radius 1 is 1.25 bits per heavy atom. The molecule has 0 amide bonds. The summed E-state index contributed by atoms with van der Waals surface area (Å²) in [5, 5.41) is 0. The molecule has 2 N–H and O–H groups in total. The smallest absolute Gasteiger partial charge is 0.0675 e. The van der Waals surface area contributed by atoms with Gasteiger partial charge in [-0.3, -0.25) is 4.90 Å². The van der Waals surface area contributed by atoms with Crippen molar-refractivity contribution in [1.29, 1.82) is 0 Å². The van der Waals surface area contributed by atoms with Crippen LogP contribution in [0, 0.1) is 0 Å². The van der Waals surface area contributed by atoms with E-state index in [2.05, 4.69) is 30.6 Å². The second kappa shape index (κ2) is 7.21. The van der Waals surface area contributed by atoms with Crippen molar-refractivity contribution < 1.29 is 4.74 Å². The third kappa shape index (κ3) is 3.53. The third-order valence-electron chi connectivity index (χ3n) is 5.15. The molecule has 0 bridgehead atoms. The molecule has 0 spiro atoms. The molecule has 2 aliphatic rings. The van der Waals surface area contributed by atoms with Gasteiger partial charge >= 0.3 is 0 Å². The molecule has 2 heterocycles. The summed E-state index contributed by atoms with van der Waals surface area (Å²) in [6.07, 6.45) is 5.31. The number of ether oxygens (including phenoxy) is 1. The topological polar surface area (TPSA) is 41.7 Å². The van der Waals surface area contributed by atoms with E-state index in [0.717, 1.165) is 19.7 Å². The SMILES string of the molecule is CCCN1CCCC(CN)(N2CC(C)OCC2C)CC1. The van der Waals surface area contributed by atoms with Crippen LogP contribution in [-0.4, -0.2) is 66.8 Å². The first-order valence-electron chi connectivity index (χ1n) is 8.42. The molecule has 2 saturated heterocycles. The van der Waals surface area contributed by atoms with Crippen molar-refractivity contribution in [3.63, 3.8) is 0 Å². The Hall–Kier alpha value is -0.160. The molecule has 0 saturated carbocycles. The van der Waals surface area contributed by atoms with Crippen molar-refractivity contribution in [2.24, 2.45) is 5.73 Å². The molecule has 0 radical (unpaired) electrons. The van der Waals surface area contributed by atoms with E-state index in [0.29, 0.717) is 12.1 Å². The van der Waals surface area contributed by atoms with Crippen molar-refractivity contribution >= 4 is 0 Å². The van der Waals surface area contributed by atoms with Crippen LogP contribution in [0.4, 0.5) is 0 Å². The molecule has 2 fully saturated rings. The number of nitrogens with two attached hydrogens (primary N) is 1. The molecule has 2 rings (SSSR count). The Balaban J connectivity index is 2.07. The number of likely N-dealkylation sites (tertiary alicyclic amines) is 1. The minimum atomic E-state index is 0.194. The number of hydrogen-bond donors (Lipinski definition) is 1. The average Bonchev–Trinajstić information content (AvgIpc) is 2.65. The van der Waals surface area contributed by atoms with Crippen LogP contribution >= 0.6 is 0 Å². The monoisotopic (exact) mass is 283 g/mol. The zero-order chi connectivity index (χ0) is 14.6. The second-order valence-electron chi connectivity index (χ2n) is 6.77. The third-order valence-corrected chi connectivity index (χ3v) is 5.15. The first-order valence-corrected chi connectivity index (χ1v) is 8.42. The second-order valence-corrected chi connectivity index (χ2v) is 6.77. The molecular formula is C16H33N3O. The summed E-state index contributed by atoms with van der Waals surface area (Å²) >= 11 is 0. The summed E-state index contributed by atoms with van der Waals surface area (Å²) < 4.78 is 5.80. The Bertz CT molecular complexity index is 299. The van der Waals surface area contributed by atoms with Crippen molar-refractivity contribution in [1.82, 2.24) is 9.80 Å². The van der Waals surface area contributed by atoms with E-state index in [1.54, 1.807) is 0 Å². The molecule has 0 aromatic carbocycles. The van der Waals surface area contributed by atoms with Crippen LogP contribution in [0.3, 0.4) is 0 Å². The van der Waals surface area contributed by atoms with Gasteiger partial charge in [-0.15, -0.1) is 0 Å². The highest BCUT2D eigenvalue weighted by molar-refractivity contribution is 4.98. The normalized spacial score (nSPS) is 37.8. The van der Waals surface area contributed by atoms with Gasteiger partial charge in [-0.2, -0.15) is 0 Å². The van der Waals surface area contributed by atoms with Crippen LogP contribution < -0.4 is 5.73 Å².